The van der Waals surface area contributed by atoms with E-state index in [2.05, 4.69) is 0 Å². The summed E-state index contributed by atoms with van der Waals surface area (Å²) in [7, 11) is 0. The zero-order valence-electron chi connectivity index (χ0n) is 6.73. The topological polar surface area (TPSA) is 43.1 Å². The fourth-order valence-corrected chi connectivity index (χ4v) is 1.17. The maximum absolute atomic E-state index is 13.2. The molecule has 0 fully saturated rings. The van der Waals surface area contributed by atoms with Gasteiger partial charge < -0.3 is 5.73 Å². The summed E-state index contributed by atoms with van der Waals surface area (Å²) in [4.78, 5) is 11.3. The average Bonchev–Trinajstić information content (AvgIpc) is 2.01. The first kappa shape index (κ1) is 11.6. The minimum atomic E-state index is -2.16. The summed E-state index contributed by atoms with van der Waals surface area (Å²) in [5.41, 5.74) is 5.19. The predicted molar refractivity (Wildman–Crippen MR) is 55.4 cm³/mol. The summed E-state index contributed by atoms with van der Waals surface area (Å²) in [6, 6.07) is 3.52. The highest BCUT2D eigenvalue weighted by Crippen LogP contribution is 2.31. The summed E-state index contributed by atoms with van der Waals surface area (Å²) in [6.45, 7) is 0. The van der Waals surface area contributed by atoms with Gasteiger partial charge in [0.05, 0.1) is 5.56 Å². The van der Waals surface area contributed by atoms with Gasteiger partial charge >= 0.3 is 0 Å². The van der Waals surface area contributed by atoms with Crippen molar-refractivity contribution >= 4 is 46.3 Å². The van der Waals surface area contributed by atoms with Gasteiger partial charge in [0.2, 0.25) is 5.78 Å². The van der Waals surface area contributed by atoms with Gasteiger partial charge in [-0.15, -0.1) is 0 Å². The van der Waals surface area contributed by atoms with E-state index in [1.165, 1.54) is 12.1 Å². The number of Topliss-reactive ketones (excluding diaryl/α,β-unsaturated/α-hetero) is 1. The van der Waals surface area contributed by atoms with E-state index < -0.39 is 15.4 Å². The van der Waals surface area contributed by atoms with Crippen LogP contribution in [-0.2, 0) is 0 Å². The van der Waals surface area contributed by atoms with Gasteiger partial charge in [0.25, 0.3) is 3.79 Å². The molecule has 0 aliphatic rings. The van der Waals surface area contributed by atoms with Crippen LogP contribution in [0.15, 0.2) is 18.2 Å². The number of alkyl halides is 3. The van der Waals surface area contributed by atoms with E-state index in [4.69, 9.17) is 40.5 Å². The normalized spacial score (nSPS) is 11.4. The van der Waals surface area contributed by atoms with Crippen LogP contribution in [0, 0.1) is 5.82 Å². The molecule has 0 radical (unpaired) electrons. The van der Waals surface area contributed by atoms with Gasteiger partial charge in [-0.25, -0.2) is 4.39 Å². The van der Waals surface area contributed by atoms with E-state index in [-0.39, 0.29) is 11.3 Å². The van der Waals surface area contributed by atoms with Crippen LogP contribution in [0.2, 0.25) is 0 Å². The van der Waals surface area contributed by atoms with Crippen molar-refractivity contribution in [3.63, 3.8) is 0 Å². The maximum Gasteiger partial charge on any atom is 0.253 e. The van der Waals surface area contributed by atoms with Crippen LogP contribution < -0.4 is 5.73 Å². The molecule has 1 rings (SSSR count). The molecule has 0 unspecified atom stereocenters. The Morgan fingerprint density at radius 1 is 1.36 bits per heavy atom. The number of carbonyl (C=O) groups excluding carboxylic acids is 1. The Labute approximate surface area is 94.7 Å². The zero-order valence-corrected chi connectivity index (χ0v) is 9.00. The predicted octanol–water partition coefficient (Wildman–Crippen LogP) is 2.96. The number of nitrogen functional groups attached to an aromatic ring is 1. The summed E-state index contributed by atoms with van der Waals surface area (Å²) in [5.74, 6) is -1.72. The number of ketones is 1. The third-order valence-corrected chi connectivity index (χ3v) is 2.01. The molecule has 0 saturated heterocycles. The number of rotatable bonds is 1. The number of halogens is 4. The molecule has 0 aliphatic carbocycles. The fourth-order valence-electron chi connectivity index (χ4n) is 0.868. The van der Waals surface area contributed by atoms with Crippen molar-refractivity contribution in [1.82, 2.24) is 0 Å². The van der Waals surface area contributed by atoms with Crippen molar-refractivity contribution < 1.29 is 9.18 Å². The van der Waals surface area contributed by atoms with Crippen LogP contribution in [0.3, 0.4) is 0 Å². The Balaban J connectivity index is 3.15. The molecule has 0 bridgehead atoms. The molecule has 6 heteroatoms. The summed E-state index contributed by atoms with van der Waals surface area (Å²) in [6.07, 6.45) is 0. The van der Waals surface area contributed by atoms with Crippen molar-refractivity contribution in [2.45, 2.75) is 3.79 Å². The lowest BCUT2D eigenvalue weighted by Crippen LogP contribution is -2.20. The van der Waals surface area contributed by atoms with E-state index in [0.29, 0.717) is 0 Å². The zero-order chi connectivity index (χ0) is 10.9. The molecule has 2 nitrogen and oxygen atoms in total. The lowest BCUT2D eigenvalue weighted by Gasteiger charge is -2.10. The summed E-state index contributed by atoms with van der Waals surface area (Å²) < 4.78 is 11.0. The Kier molecular flexibility index (Phi) is 3.24. The van der Waals surface area contributed by atoms with Crippen molar-refractivity contribution in [3.8, 4) is 0 Å². The van der Waals surface area contributed by atoms with Gasteiger partial charge in [0.15, 0.2) is 0 Å². The number of carbonyl (C=O) groups is 1. The molecule has 2 N–H and O–H groups in total. The molecule has 0 saturated carbocycles. The molecule has 0 spiro atoms. The van der Waals surface area contributed by atoms with Crippen LogP contribution >= 0.6 is 34.8 Å². The standard InChI is InChI=1S/C8H5Cl3FNO/c9-8(10,11)7(14)5-2-1-4(13)3-6(5)12/h1-3H,13H2. The number of hydrogen-bond acceptors (Lipinski definition) is 2. The molecule has 0 aromatic heterocycles. The van der Waals surface area contributed by atoms with E-state index in [9.17, 15) is 9.18 Å². The molecule has 14 heavy (non-hydrogen) atoms. The second kappa shape index (κ2) is 3.93. The van der Waals surface area contributed by atoms with Crippen LogP contribution in [0.25, 0.3) is 0 Å². The monoisotopic (exact) mass is 255 g/mol. The van der Waals surface area contributed by atoms with Gasteiger partial charge in [0, 0.05) is 5.69 Å². The minimum absolute atomic E-state index is 0.198. The highest BCUT2D eigenvalue weighted by Gasteiger charge is 2.33. The Morgan fingerprint density at radius 3 is 2.36 bits per heavy atom. The number of anilines is 1. The first-order chi connectivity index (χ1) is 6.32. The second-order valence-corrected chi connectivity index (χ2v) is 4.85. The number of hydrogen-bond donors (Lipinski definition) is 1. The Morgan fingerprint density at radius 2 is 1.93 bits per heavy atom. The van der Waals surface area contributed by atoms with E-state index in [0.717, 1.165) is 6.07 Å². The summed E-state index contributed by atoms with van der Waals surface area (Å²) in [5, 5.41) is 0. The maximum atomic E-state index is 13.2. The average molecular weight is 256 g/mol. The molecule has 76 valence electrons. The smallest absolute Gasteiger partial charge is 0.253 e. The molecular weight excluding hydrogens is 251 g/mol. The van der Waals surface area contributed by atoms with Gasteiger partial charge in [-0.2, -0.15) is 0 Å². The largest absolute Gasteiger partial charge is 0.399 e. The lowest BCUT2D eigenvalue weighted by atomic mass is 10.1. The van der Waals surface area contributed by atoms with Gasteiger partial charge in [0.1, 0.15) is 5.82 Å². The number of benzene rings is 1. The van der Waals surface area contributed by atoms with Crippen molar-refractivity contribution in [2.75, 3.05) is 5.73 Å². The minimum Gasteiger partial charge on any atom is -0.399 e. The molecule has 1 aromatic rings. The third kappa shape index (κ3) is 2.50. The van der Waals surface area contributed by atoms with Crippen LogP contribution in [0.5, 0.6) is 0 Å². The molecule has 0 atom stereocenters. The fraction of sp³-hybridized carbons (Fsp3) is 0.125. The van der Waals surface area contributed by atoms with Gasteiger partial charge in [-0.1, -0.05) is 34.8 Å². The highest BCUT2D eigenvalue weighted by atomic mass is 35.6. The Hall–Kier alpha value is -0.510. The third-order valence-electron chi connectivity index (χ3n) is 1.50. The highest BCUT2D eigenvalue weighted by molar-refractivity contribution is 6.77. The molecular formula is C8H5Cl3FNO. The summed E-state index contributed by atoms with van der Waals surface area (Å²) >= 11 is 15.9. The van der Waals surface area contributed by atoms with Crippen LogP contribution in [0.4, 0.5) is 10.1 Å². The van der Waals surface area contributed by atoms with Crippen molar-refractivity contribution in [3.05, 3.63) is 29.6 Å². The first-order valence-corrected chi connectivity index (χ1v) is 4.62. The van der Waals surface area contributed by atoms with Crippen LogP contribution in [-0.4, -0.2) is 9.58 Å². The van der Waals surface area contributed by atoms with E-state index >= 15 is 0 Å². The molecule has 1 aromatic carbocycles. The molecule has 0 amide bonds. The van der Waals surface area contributed by atoms with Crippen molar-refractivity contribution in [2.24, 2.45) is 0 Å². The Bertz CT molecular complexity index is 375. The van der Waals surface area contributed by atoms with Crippen LogP contribution in [0.1, 0.15) is 10.4 Å². The van der Waals surface area contributed by atoms with Crippen molar-refractivity contribution in [1.29, 1.82) is 0 Å². The lowest BCUT2D eigenvalue weighted by molar-refractivity contribution is 0.0992. The second-order valence-electron chi connectivity index (χ2n) is 2.57. The first-order valence-electron chi connectivity index (χ1n) is 3.49. The van der Waals surface area contributed by atoms with Gasteiger partial charge in [-0.3, -0.25) is 4.79 Å². The number of nitrogens with two attached hydrogens (primary N) is 1. The molecule has 0 heterocycles. The molecule has 0 aliphatic heterocycles. The SMILES string of the molecule is Nc1ccc(C(=O)C(Cl)(Cl)Cl)c(F)c1. The van der Waals surface area contributed by atoms with E-state index in [1.54, 1.807) is 0 Å². The van der Waals surface area contributed by atoms with E-state index in [1.807, 2.05) is 0 Å². The quantitative estimate of drug-likeness (QED) is 0.477. The van der Waals surface area contributed by atoms with Gasteiger partial charge in [-0.05, 0) is 18.2 Å².